The third-order valence-electron chi connectivity index (χ3n) is 3.24. The Morgan fingerprint density at radius 2 is 2.19 bits per heavy atom. The summed E-state index contributed by atoms with van der Waals surface area (Å²) in [6, 6.07) is 9.16. The first kappa shape index (κ1) is 11.5. The van der Waals surface area contributed by atoms with Crippen molar-refractivity contribution in [1.29, 1.82) is 0 Å². The summed E-state index contributed by atoms with van der Waals surface area (Å²) in [6.45, 7) is 2.21. The van der Waals surface area contributed by atoms with Crippen LogP contribution in [0, 0.1) is 0 Å². The van der Waals surface area contributed by atoms with Crippen molar-refractivity contribution in [3.05, 3.63) is 29.8 Å². The molecular weight excluding hydrogens is 198 g/mol. The molecule has 1 aromatic rings. The summed E-state index contributed by atoms with van der Waals surface area (Å²) < 4.78 is 5.93. The van der Waals surface area contributed by atoms with Crippen LogP contribution in [-0.2, 0) is 6.42 Å². The van der Waals surface area contributed by atoms with E-state index in [-0.39, 0.29) is 0 Å². The van der Waals surface area contributed by atoms with E-state index in [9.17, 15) is 0 Å². The zero-order valence-corrected chi connectivity index (χ0v) is 10.2. The summed E-state index contributed by atoms with van der Waals surface area (Å²) in [5.41, 5.74) is 1.38. The first-order valence-electron chi connectivity index (χ1n) is 6.24. The lowest BCUT2D eigenvalue weighted by molar-refractivity contribution is 0.0884. The lowest BCUT2D eigenvalue weighted by Crippen LogP contribution is -2.45. The highest BCUT2D eigenvalue weighted by atomic mass is 16.5. The second kappa shape index (κ2) is 5.35. The zero-order chi connectivity index (χ0) is 11.4. The van der Waals surface area contributed by atoms with Gasteiger partial charge in [-0.2, -0.15) is 0 Å². The molecule has 16 heavy (non-hydrogen) atoms. The van der Waals surface area contributed by atoms with Gasteiger partial charge in [0.2, 0.25) is 0 Å². The van der Waals surface area contributed by atoms with Crippen LogP contribution >= 0.6 is 0 Å². The monoisotopic (exact) mass is 219 g/mol. The fourth-order valence-electron chi connectivity index (χ4n) is 2.15. The molecule has 1 saturated carbocycles. The molecule has 2 rings (SSSR count). The molecule has 1 aromatic carbocycles. The Morgan fingerprint density at radius 3 is 2.88 bits per heavy atom. The molecular formula is C14H21NO. The van der Waals surface area contributed by atoms with Gasteiger partial charge in [0.05, 0.1) is 0 Å². The van der Waals surface area contributed by atoms with Gasteiger partial charge in [0.1, 0.15) is 11.9 Å². The van der Waals surface area contributed by atoms with Crippen LogP contribution in [0.1, 0.15) is 31.7 Å². The van der Waals surface area contributed by atoms with E-state index >= 15 is 0 Å². The predicted molar refractivity (Wildman–Crippen MR) is 66.9 cm³/mol. The van der Waals surface area contributed by atoms with Crippen LogP contribution < -0.4 is 10.1 Å². The predicted octanol–water partition coefficient (Wildman–Crippen LogP) is 2.77. The molecule has 1 N–H and O–H groups in total. The van der Waals surface area contributed by atoms with Crippen LogP contribution in [0.25, 0.3) is 0 Å². The highest BCUT2D eigenvalue weighted by Crippen LogP contribution is 2.26. The highest BCUT2D eigenvalue weighted by molar-refractivity contribution is 5.29. The van der Waals surface area contributed by atoms with Gasteiger partial charge in [-0.1, -0.05) is 25.5 Å². The maximum Gasteiger partial charge on any atom is 0.119 e. The number of rotatable bonds is 5. The molecule has 0 bridgehead atoms. The smallest absolute Gasteiger partial charge is 0.119 e. The standard InChI is InChI=1S/C14H21NO/c1-3-5-11-6-4-7-13(8-11)16-14-9-12(10-14)15-2/h4,6-8,12,14-15H,3,5,9-10H2,1-2H3/t12-,14+. The largest absolute Gasteiger partial charge is 0.490 e. The fourth-order valence-corrected chi connectivity index (χ4v) is 2.15. The van der Waals surface area contributed by atoms with E-state index in [1.54, 1.807) is 0 Å². The molecule has 0 heterocycles. The van der Waals surface area contributed by atoms with Crippen LogP contribution in [0.2, 0.25) is 0 Å². The second-order valence-corrected chi connectivity index (χ2v) is 4.59. The molecule has 0 amide bonds. The lowest BCUT2D eigenvalue weighted by atomic mass is 9.89. The van der Waals surface area contributed by atoms with E-state index < -0.39 is 0 Å². The molecule has 0 aliphatic heterocycles. The minimum atomic E-state index is 0.411. The van der Waals surface area contributed by atoms with E-state index in [2.05, 4.69) is 36.5 Å². The van der Waals surface area contributed by atoms with Crippen molar-refractivity contribution in [2.75, 3.05) is 7.05 Å². The molecule has 88 valence electrons. The third kappa shape index (κ3) is 2.76. The van der Waals surface area contributed by atoms with Crippen molar-refractivity contribution in [3.8, 4) is 5.75 Å². The van der Waals surface area contributed by atoms with Crippen LogP contribution in [0.5, 0.6) is 5.75 Å². The van der Waals surface area contributed by atoms with Gasteiger partial charge >= 0.3 is 0 Å². The van der Waals surface area contributed by atoms with Crippen LogP contribution in [0.3, 0.4) is 0 Å². The number of hydrogen-bond acceptors (Lipinski definition) is 2. The number of aryl methyl sites for hydroxylation is 1. The zero-order valence-electron chi connectivity index (χ0n) is 10.2. The Hall–Kier alpha value is -1.02. The Bertz CT molecular complexity index is 331. The Kier molecular flexibility index (Phi) is 3.83. The fraction of sp³-hybridized carbons (Fsp3) is 0.571. The molecule has 1 fully saturated rings. The van der Waals surface area contributed by atoms with Crippen molar-refractivity contribution >= 4 is 0 Å². The average Bonchev–Trinajstić information content (AvgIpc) is 2.24. The van der Waals surface area contributed by atoms with Gasteiger partial charge in [-0.15, -0.1) is 0 Å². The van der Waals surface area contributed by atoms with Gasteiger partial charge in [-0.3, -0.25) is 0 Å². The van der Waals surface area contributed by atoms with E-state index in [0.717, 1.165) is 25.0 Å². The quantitative estimate of drug-likeness (QED) is 0.822. The van der Waals surface area contributed by atoms with Gasteiger partial charge in [0.15, 0.2) is 0 Å². The molecule has 0 unspecified atom stereocenters. The van der Waals surface area contributed by atoms with Crippen molar-refractivity contribution in [3.63, 3.8) is 0 Å². The molecule has 1 aliphatic carbocycles. The number of ether oxygens (including phenoxy) is 1. The molecule has 0 spiro atoms. The Labute approximate surface area is 98.0 Å². The van der Waals surface area contributed by atoms with Crippen LogP contribution in [0.4, 0.5) is 0 Å². The van der Waals surface area contributed by atoms with Gasteiger partial charge in [-0.25, -0.2) is 0 Å². The van der Waals surface area contributed by atoms with Gasteiger partial charge in [0, 0.05) is 6.04 Å². The van der Waals surface area contributed by atoms with Crippen molar-refractivity contribution < 1.29 is 4.74 Å². The Morgan fingerprint density at radius 1 is 1.38 bits per heavy atom. The summed E-state index contributed by atoms with van der Waals surface area (Å²) >= 11 is 0. The van der Waals surface area contributed by atoms with Crippen molar-refractivity contribution in [2.24, 2.45) is 0 Å². The van der Waals surface area contributed by atoms with E-state index in [4.69, 9.17) is 4.74 Å². The van der Waals surface area contributed by atoms with Gasteiger partial charge < -0.3 is 10.1 Å². The molecule has 1 aliphatic rings. The minimum Gasteiger partial charge on any atom is -0.490 e. The number of hydrogen-bond donors (Lipinski definition) is 1. The van der Waals surface area contributed by atoms with Gasteiger partial charge in [0.25, 0.3) is 0 Å². The molecule has 0 atom stereocenters. The maximum absolute atomic E-state index is 5.93. The minimum absolute atomic E-state index is 0.411. The van der Waals surface area contributed by atoms with E-state index in [0.29, 0.717) is 12.1 Å². The van der Waals surface area contributed by atoms with Crippen molar-refractivity contribution in [1.82, 2.24) is 5.32 Å². The number of nitrogens with one attached hydrogen (secondary N) is 1. The van der Waals surface area contributed by atoms with E-state index in [1.165, 1.54) is 12.0 Å². The highest BCUT2D eigenvalue weighted by Gasteiger charge is 2.29. The average molecular weight is 219 g/mol. The first-order chi connectivity index (χ1) is 7.81. The molecule has 0 aromatic heterocycles. The second-order valence-electron chi connectivity index (χ2n) is 4.59. The summed E-state index contributed by atoms with van der Waals surface area (Å²) in [4.78, 5) is 0. The van der Waals surface area contributed by atoms with E-state index in [1.807, 2.05) is 7.05 Å². The molecule has 2 nitrogen and oxygen atoms in total. The topological polar surface area (TPSA) is 21.3 Å². The number of benzene rings is 1. The summed E-state index contributed by atoms with van der Waals surface area (Å²) in [7, 11) is 2.02. The first-order valence-corrected chi connectivity index (χ1v) is 6.24. The molecule has 0 radical (unpaired) electrons. The lowest BCUT2D eigenvalue weighted by Gasteiger charge is -2.35. The Balaban J connectivity index is 1.87. The summed E-state index contributed by atoms with van der Waals surface area (Å²) in [5, 5.41) is 3.27. The third-order valence-corrected chi connectivity index (χ3v) is 3.24. The SMILES string of the molecule is CCCc1cccc(O[C@H]2C[C@@H](NC)C2)c1. The summed E-state index contributed by atoms with van der Waals surface area (Å²) in [5.74, 6) is 1.03. The molecule has 2 heteroatoms. The van der Waals surface area contributed by atoms with Crippen LogP contribution in [0.15, 0.2) is 24.3 Å². The van der Waals surface area contributed by atoms with Crippen molar-refractivity contribution in [2.45, 2.75) is 44.8 Å². The normalized spacial score (nSPS) is 23.9. The van der Waals surface area contributed by atoms with Gasteiger partial charge in [-0.05, 0) is 44.0 Å². The molecule has 0 saturated heterocycles. The maximum atomic E-state index is 5.93. The van der Waals surface area contributed by atoms with Crippen LogP contribution in [-0.4, -0.2) is 19.2 Å². The summed E-state index contributed by atoms with van der Waals surface area (Å²) in [6.07, 6.45) is 5.01.